The Morgan fingerprint density at radius 1 is 0.370 bits per heavy atom. The summed E-state index contributed by atoms with van der Waals surface area (Å²) in [7, 11) is 0. The van der Waals surface area contributed by atoms with Crippen molar-refractivity contribution in [2.45, 2.75) is 167 Å². The third kappa shape index (κ3) is 29.6. The van der Waals surface area contributed by atoms with Gasteiger partial charge in [0.25, 0.3) is 23.6 Å². The molecule has 6 N–H and O–H groups in total. The van der Waals surface area contributed by atoms with Crippen molar-refractivity contribution in [3.63, 3.8) is 0 Å². The van der Waals surface area contributed by atoms with Crippen LogP contribution >= 0.6 is 23.2 Å². The van der Waals surface area contributed by atoms with E-state index in [9.17, 15) is 39.0 Å². The zero-order chi connectivity index (χ0) is 83.2. The highest BCUT2D eigenvalue weighted by Gasteiger charge is 2.41. The Hall–Kier alpha value is -7.10. The molecule has 27 nitrogen and oxygen atoms in total. The van der Waals surface area contributed by atoms with Gasteiger partial charge in [0.1, 0.15) is 35.2 Å². The second-order valence-corrected chi connectivity index (χ2v) is 33.3. The van der Waals surface area contributed by atoms with E-state index in [0.29, 0.717) is 52.6 Å². The van der Waals surface area contributed by atoms with Crippen molar-refractivity contribution < 1.29 is 63.0 Å². The molecule has 0 radical (unpaired) electrons. The number of nitrogens with one attached hydrogen (secondary N) is 3. The van der Waals surface area contributed by atoms with E-state index in [1.54, 1.807) is 23.6 Å². The first-order valence-electron chi connectivity index (χ1n) is 42.0. The van der Waals surface area contributed by atoms with Gasteiger partial charge in [-0.1, -0.05) is 167 Å². The van der Waals surface area contributed by atoms with Gasteiger partial charge < -0.3 is 79.6 Å². The largest absolute Gasteiger partial charge is 0.395 e. The second-order valence-electron chi connectivity index (χ2n) is 32.0. The van der Waals surface area contributed by atoms with Gasteiger partial charge in [-0.25, -0.2) is 0 Å². The molecular formula is C90H136Cl2N14O13. The van der Waals surface area contributed by atoms with E-state index in [0.717, 1.165) is 144 Å². The van der Waals surface area contributed by atoms with Crippen LogP contribution in [-0.4, -0.2) is 366 Å². The molecule has 11 fully saturated rings. The van der Waals surface area contributed by atoms with Gasteiger partial charge in [0.05, 0.1) is 82.5 Å². The SMILES string of the molecule is C.C.C[C@@H](Cl)C(=O)N1CCN(Cc2ccccc2)C[C@H]1CO.C[C@@H]1OC[C@@H]2CN(Cc3ccccc3)CCN2C1=O.C[C@@H]1OC[C@@H]2CNCCN2C1=O.C[C@H](Cl)C(=O)N1CCN(Cc2ccccc2)C[C@H]1CO.C[C@H]1OC[C@@H]2CN(Cc3ccccc3)CCN2C1=O.C[C@H]1OC[C@@H]2CNCCN2C1=O.OC[C@@H]1CN(Cc2ccccc2)CCN1. The van der Waals surface area contributed by atoms with E-state index in [1.807, 2.05) is 102 Å². The number of aliphatic hydroxyl groups is 3. The molecule has 16 rings (SSSR count). The van der Waals surface area contributed by atoms with Crippen LogP contribution in [0.2, 0.25) is 0 Å². The lowest BCUT2D eigenvalue weighted by Crippen LogP contribution is -2.61. The molecule has 0 aromatic heterocycles. The van der Waals surface area contributed by atoms with Crippen molar-refractivity contribution in [1.29, 1.82) is 0 Å². The van der Waals surface area contributed by atoms with E-state index in [2.05, 4.69) is 138 Å². The minimum atomic E-state index is -0.537. The van der Waals surface area contributed by atoms with Gasteiger partial charge in [0, 0.05) is 176 Å². The first-order valence-corrected chi connectivity index (χ1v) is 42.9. The number of morpholine rings is 4. The number of hydrogen-bond donors (Lipinski definition) is 6. The van der Waals surface area contributed by atoms with Crippen LogP contribution in [0.5, 0.6) is 0 Å². The monoisotopic (exact) mass is 1690 g/mol. The Kier molecular flexibility index (Phi) is 41.3. The quantitative estimate of drug-likeness (QED) is 0.0752. The molecule has 11 saturated heterocycles. The molecule has 0 aliphatic carbocycles. The second kappa shape index (κ2) is 50.5. The van der Waals surface area contributed by atoms with Crippen LogP contribution in [0, 0.1) is 0 Å². The Morgan fingerprint density at radius 2 is 0.647 bits per heavy atom. The maximum Gasteiger partial charge on any atom is 0.251 e. The van der Waals surface area contributed by atoms with Crippen LogP contribution in [0.1, 0.15) is 84.2 Å². The number of piperazine rings is 7. The average Bonchev–Trinajstić information content (AvgIpc) is 0.704. The van der Waals surface area contributed by atoms with Gasteiger partial charge in [0.2, 0.25) is 11.8 Å². The highest BCUT2D eigenvalue weighted by atomic mass is 35.5. The molecule has 6 amide bonds. The number of carbonyl (C=O) groups excluding carboxylic acids is 6. The lowest BCUT2D eigenvalue weighted by atomic mass is 10.1. The highest BCUT2D eigenvalue weighted by molar-refractivity contribution is 6.30. The van der Waals surface area contributed by atoms with Gasteiger partial charge in [-0.2, -0.15) is 0 Å². The minimum Gasteiger partial charge on any atom is -0.395 e. The van der Waals surface area contributed by atoms with E-state index in [-0.39, 0.29) is 137 Å². The summed E-state index contributed by atoms with van der Waals surface area (Å²) in [5, 5.41) is 36.8. The van der Waals surface area contributed by atoms with Crippen molar-refractivity contribution in [2.75, 3.05) is 184 Å². The molecule has 29 heteroatoms. The molecule has 11 aliphatic rings. The zero-order valence-electron chi connectivity index (χ0n) is 69.4. The van der Waals surface area contributed by atoms with Crippen molar-refractivity contribution in [2.24, 2.45) is 0 Å². The molecule has 5 aromatic carbocycles. The van der Waals surface area contributed by atoms with Crippen LogP contribution in [0.15, 0.2) is 152 Å². The molecule has 0 unspecified atom stereocenters. The van der Waals surface area contributed by atoms with Gasteiger partial charge in [-0.3, -0.25) is 53.3 Å². The molecule has 0 spiro atoms. The van der Waals surface area contributed by atoms with Crippen LogP contribution < -0.4 is 16.0 Å². The number of nitrogens with zero attached hydrogens (tertiary/aromatic N) is 11. The van der Waals surface area contributed by atoms with Crippen LogP contribution in [0.25, 0.3) is 0 Å². The summed E-state index contributed by atoms with van der Waals surface area (Å²) in [5.74, 6) is 0.405. The van der Waals surface area contributed by atoms with Gasteiger partial charge in [-0.05, 0) is 69.4 Å². The predicted molar refractivity (Wildman–Crippen MR) is 466 cm³/mol. The average molecular weight is 1690 g/mol. The number of fused-ring (bicyclic) bond motifs is 4. The summed E-state index contributed by atoms with van der Waals surface area (Å²) >= 11 is 11.7. The molecule has 0 saturated carbocycles. The minimum absolute atomic E-state index is 0. The van der Waals surface area contributed by atoms with E-state index in [1.165, 1.54) is 27.8 Å². The van der Waals surface area contributed by atoms with Gasteiger partial charge in [0.15, 0.2) is 0 Å². The summed E-state index contributed by atoms with van der Waals surface area (Å²) < 4.78 is 21.7. The maximum atomic E-state index is 12.0. The van der Waals surface area contributed by atoms with Gasteiger partial charge in [-0.15, -0.1) is 23.2 Å². The molecule has 5 aromatic rings. The fourth-order valence-corrected chi connectivity index (χ4v) is 16.7. The molecule has 11 aliphatic heterocycles. The highest BCUT2D eigenvalue weighted by Crippen LogP contribution is 2.24. The zero-order valence-corrected chi connectivity index (χ0v) is 70.9. The van der Waals surface area contributed by atoms with Crippen molar-refractivity contribution >= 4 is 58.6 Å². The van der Waals surface area contributed by atoms with E-state index < -0.39 is 10.8 Å². The number of hydrogen-bond acceptors (Lipinski definition) is 21. The van der Waals surface area contributed by atoms with Crippen molar-refractivity contribution in [1.82, 2.24) is 69.8 Å². The number of ether oxygens (including phenoxy) is 4. The third-order valence-corrected chi connectivity index (χ3v) is 23.5. The molecular weight excluding hydrogens is 1560 g/mol. The van der Waals surface area contributed by atoms with Crippen LogP contribution in [0.4, 0.5) is 0 Å². The third-order valence-electron chi connectivity index (χ3n) is 23.1. The number of alkyl halides is 2. The number of halogens is 2. The molecule has 119 heavy (non-hydrogen) atoms. The number of aliphatic hydroxyl groups excluding tert-OH is 3. The maximum absolute atomic E-state index is 12.0. The number of amides is 6. The molecule has 13 atom stereocenters. The van der Waals surface area contributed by atoms with Crippen molar-refractivity contribution in [3.8, 4) is 0 Å². The summed E-state index contributed by atoms with van der Waals surface area (Å²) in [6.07, 6.45) is -1.01. The molecule has 11 heterocycles. The summed E-state index contributed by atoms with van der Waals surface area (Å²) in [5.41, 5.74) is 6.49. The summed E-state index contributed by atoms with van der Waals surface area (Å²) in [4.78, 5) is 94.1. The lowest BCUT2D eigenvalue weighted by molar-refractivity contribution is -0.163. The Morgan fingerprint density at radius 3 is 0.941 bits per heavy atom. The van der Waals surface area contributed by atoms with Crippen LogP contribution in [0.3, 0.4) is 0 Å². The van der Waals surface area contributed by atoms with Crippen molar-refractivity contribution in [3.05, 3.63) is 179 Å². The number of rotatable bonds is 15. The predicted octanol–water partition coefficient (Wildman–Crippen LogP) is 5.01. The Bertz CT molecular complexity index is 3580. The van der Waals surface area contributed by atoms with E-state index in [4.69, 9.17) is 47.3 Å². The fourth-order valence-electron chi connectivity index (χ4n) is 16.5. The van der Waals surface area contributed by atoms with Crippen LogP contribution in [-0.2, 0) is 80.4 Å². The number of carbonyl (C=O) groups is 6. The summed E-state index contributed by atoms with van der Waals surface area (Å²) in [6.45, 7) is 35.9. The normalized spacial score (nSPS) is 26.6. The fraction of sp³-hybridized carbons (Fsp3) is 0.600. The first kappa shape index (κ1) is 97.3. The van der Waals surface area contributed by atoms with Gasteiger partial charge >= 0.3 is 0 Å². The topological polar surface area (TPSA) is 272 Å². The summed E-state index contributed by atoms with van der Waals surface area (Å²) in [6, 6.07) is 52.8. The first-order chi connectivity index (χ1) is 56.7. The van der Waals surface area contributed by atoms with E-state index >= 15 is 0 Å². The smallest absolute Gasteiger partial charge is 0.251 e. The standard InChI is InChI=1S/2C15H21ClN2O2.2C15H20N2O2.C12H18N2O.2C8H14N2O2.2CH4/c2*1-12(16)15(20)18-8-7-17(10-14(18)11-19)9-13-5-3-2-4-6-13;2*1-12-15(18)17-8-7-16(10-14(17)11-19-12)9-13-5-3-2-4-6-13;15-10-12-9-14(7-6-13-12)8-11-4-2-1-3-5-11;2*1-6-8(11)10-3-2-9-4-7(10)5-12-6;;/h2*2-6,12,14,19H,7-11H2,1H3;2*2-6,12,14H,7-11H2,1H3;1-5,12-13,15H,6-10H2;2*6-7,9H,2-5H2,1H3;2*1H4/t12-,14+;12-,14-;12-,14+;12-,14-;12-;6-,7+;6-,7-;;/m1010010../s1. The molecule has 658 valence electrons. The Labute approximate surface area is 717 Å². The lowest BCUT2D eigenvalue weighted by Gasteiger charge is -2.45. The molecule has 0 bridgehead atoms. The Balaban J connectivity index is 0.000000174. The number of benzene rings is 5.